The number of amides is 2. The number of carbonyl (C=O) groups excluding carboxylic acids is 2. The lowest BCUT2D eigenvalue weighted by Gasteiger charge is -2.26. The third-order valence-electron chi connectivity index (χ3n) is 4.90. The molecule has 0 fully saturated rings. The summed E-state index contributed by atoms with van der Waals surface area (Å²) in [6, 6.07) is 5.70. The molecule has 0 saturated heterocycles. The minimum absolute atomic E-state index is 0.0426. The number of carbonyl (C=O) groups is 2. The lowest BCUT2D eigenvalue weighted by molar-refractivity contribution is -0.128. The Labute approximate surface area is 181 Å². The molecule has 0 aromatic heterocycles. The van der Waals surface area contributed by atoms with E-state index in [1.165, 1.54) is 33.1 Å². The maximum Gasteiger partial charge on any atom is 0.232 e. The van der Waals surface area contributed by atoms with Gasteiger partial charge in [-0.25, -0.2) is 0 Å². The monoisotopic (exact) mass is 433 g/mol. The maximum absolute atomic E-state index is 12.4. The first-order chi connectivity index (χ1) is 14.4. The predicted molar refractivity (Wildman–Crippen MR) is 115 cm³/mol. The van der Waals surface area contributed by atoms with Gasteiger partial charge in [0, 0.05) is 25.4 Å². The van der Waals surface area contributed by atoms with E-state index in [0.29, 0.717) is 46.5 Å². The number of allylic oxidation sites excluding steroid dienone is 1. The summed E-state index contributed by atoms with van der Waals surface area (Å²) in [5.41, 5.74) is 1.10. The van der Waals surface area contributed by atoms with Crippen molar-refractivity contribution in [1.82, 2.24) is 10.2 Å². The molecule has 1 N–H and O–H groups in total. The zero-order valence-corrected chi connectivity index (χ0v) is 18.7. The van der Waals surface area contributed by atoms with Crippen molar-refractivity contribution < 1.29 is 23.8 Å². The summed E-state index contributed by atoms with van der Waals surface area (Å²) in [6.07, 6.45) is 0.107. The Morgan fingerprint density at radius 3 is 2.27 bits per heavy atom. The van der Waals surface area contributed by atoms with Crippen molar-refractivity contribution in [2.75, 3.05) is 40.2 Å². The number of nitrogens with zero attached hydrogens (tertiary/aromatic N) is 2. The van der Waals surface area contributed by atoms with Crippen molar-refractivity contribution in [1.29, 1.82) is 5.26 Å². The van der Waals surface area contributed by atoms with Crippen LogP contribution in [0.1, 0.15) is 31.7 Å². The Morgan fingerprint density at radius 2 is 1.80 bits per heavy atom. The molecule has 2 amide bonds. The van der Waals surface area contributed by atoms with E-state index in [4.69, 9.17) is 14.2 Å². The number of hydrogen-bond acceptors (Lipinski definition) is 7. The summed E-state index contributed by atoms with van der Waals surface area (Å²) in [6.45, 7) is 5.05. The lowest BCUT2D eigenvalue weighted by Crippen LogP contribution is -2.34. The van der Waals surface area contributed by atoms with E-state index in [1.54, 1.807) is 17.0 Å². The molecular weight excluding hydrogens is 406 g/mol. The lowest BCUT2D eigenvalue weighted by atomic mass is 9.86. The van der Waals surface area contributed by atoms with E-state index < -0.39 is 5.92 Å². The Hall–Kier alpha value is -2.86. The number of hydrogen-bond donors (Lipinski definition) is 1. The molecule has 30 heavy (non-hydrogen) atoms. The van der Waals surface area contributed by atoms with Crippen LogP contribution in [0, 0.1) is 11.3 Å². The molecule has 0 radical (unpaired) electrons. The fourth-order valence-electron chi connectivity index (χ4n) is 3.32. The molecule has 8 nitrogen and oxygen atoms in total. The van der Waals surface area contributed by atoms with Crippen molar-refractivity contribution in [3.05, 3.63) is 28.3 Å². The molecule has 1 aromatic rings. The van der Waals surface area contributed by atoms with E-state index in [-0.39, 0.29) is 24.0 Å². The molecule has 1 aliphatic rings. The highest BCUT2D eigenvalue weighted by molar-refractivity contribution is 8.03. The Bertz CT molecular complexity index is 849. The smallest absolute Gasteiger partial charge is 0.232 e. The number of thioether (sulfide) groups is 1. The summed E-state index contributed by atoms with van der Waals surface area (Å²) in [7, 11) is 4.53. The highest BCUT2D eigenvalue weighted by atomic mass is 32.2. The van der Waals surface area contributed by atoms with E-state index in [9.17, 15) is 14.9 Å². The van der Waals surface area contributed by atoms with E-state index in [0.717, 1.165) is 0 Å². The molecule has 0 spiro atoms. The van der Waals surface area contributed by atoms with Gasteiger partial charge in [0.2, 0.25) is 17.6 Å². The molecule has 1 aromatic carbocycles. The van der Waals surface area contributed by atoms with Crippen LogP contribution in [0.4, 0.5) is 0 Å². The van der Waals surface area contributed by atoms with Crippen molar-refractivity contribution in [3.63, 3.8) is 0 Å². The Morgan fingerprint density at radius 1 is 1.20 bits per heavy atom. The molecule has 1 atom stereocenters. The summed E-state index contributed by atoms with van der Waals surface area (Å²) >= 11 is 1.17. The topological polar surface area (TPSA) is 101 Å². The molecule has 1 heterocycles. The first-order valence-electron chi connectivity index (χ1n) is 9.58. The van der Waals surface area contributed by atoms with Crippen molar-refractivity contribution in [2.45, 2.75) is 26.2 Å². The second-order valence-corrected chi connectivity index (χ2v) is 7.46. The minimum atomic E-state index is -0.483. The number of nitrogens with one attached hydrogen (secondary N) is 1. The van der Waals surface area contributed by atoms with Crippen LogP contribution < -0.4 is 19.5 Å². The van der Waals surface area contributed by atoms with E-state index in [1.807, 2.05) is 13.8 Å². The van der Waals surface area contributed by atoms with Crippen LogP contribution in [0.5, 0.6) is 17.2 Å². The number of rotatable bonds is 9. The predicted octanol–water partition coefficient (Wildman–Crippen LogP) is 2.65. The second kappa shape index (κ2) is 10.8. The largest absolute Gasteiger partial charge is 0.493 e. The third-order valence-corrected chi connectivity index (χ3v) is 5.90. The molecule has 162 valence electrons. The summed E-state index contributed by atoms with van der Waals surface area (Å²) in [5.74, 6) is 0.728. The van der Waals surface area contributed by atoms with Crippen LogP contribution in [0.3, 0.4) is 0 Å². The van der Waals surface area contributed by atoms with Crippen molar-refractivity contribution in [2.24, 2.45) is 0 Å². The van der Waals surface area contributed by atoms with Crippen molar-refractivity contribution >= 4 is 23.6 Å². The molecule has 9 heteroatoms. The van der Waals surface area contributed by atoms with Crippen LogP contribution >= 0.6 is 11.8 Å². The van der Waals surface area contributed by atoms with Crippen LogP contribution in [0.15, 0.2) is 22.7 Å². The van der Waals surface area contributed by atoms with Crippen molar-refractivity contribution in [3.8, 4) is 23.3 Å². The van der Waals surface area contributed by atoms with Gasteiger partial charge in [-0.1, -0.05) is 11.8 Å². The maximum atomic E-state index is 12.4. The first kappa shape index (κ1) is 23.4. The van der Waals surface area contributed by atoms with Gasteiger partial charge in [0.15, 0.2) is 11.5 Å². The van der Waals surface area contributed by atoms with Gasteiger partial charge in [-0.05, 0) is 31.5 Å². The molecular formula is C21H27N3O5S. The molecule has 2 rings (SSSR count). The molecule has 0 saturated carbocycles. The average molecular weight is 434 g/mol. The zero-order valence-electron chi connectivity index (χ0n) is 17.9. The average Bonchev–Trinajstić information content (AvgIpc) is 2.76. The second-order valence-electron chi connectivity index (χ2n) is 6.47. The number of ether oxygens (including phenoxy) is 3. The van der Waals surface area contributed by atoms with Gasteiger partial charge in [-0.2, -0.15) is 5.26 Å². The fourth-order valence-corrected chi connectivity index (χ4v) is 4.30. The van der Waals surface area contributed by atoms with Crippen LogP contribution in [-0.4, -0.2) is 56.9 Å². The Balaban J connectivity index is 2.42. The van der Waals surface area contributed by atoms with Gasteiger partial charge in [-0.3, -0.25) is 9.59 Å². The number of nitriles is 1. The Kier molecular flexibility index (Phi) is 8.42. The van der Waals surface area contributed by atoms with E-state index >= 15 is 0 Å². The van der Waals surface area contributed by atoms with Gasteiger partial charge < -0.3 is 24.4 Å². The molecule has 1 aliphatic heterocycles. The minimum Gasteiger partial charge on any atom is -0.493 e. The highest BCUT2D eigenvalue weighted by Gasteiger charge is 2.31. The molecule has 0 aliphatic carbocycles. The van der Waals surface area contributed by atoms with Crippen LogP contribution in [0.25, 0.3) is 0 Å². The van der Waals surface area contributed by atoms with Gasteiger partial charge in [0.05, 0.1) is 43.8 Å². The third kappa shape index (κ3) is 5.00. The van der Waals surface area contributed by atoms with Crippen LogP contribution in [0.2, 0.25) is 0 Å². The highest BCUT2D eigenvalue weighted by Crippen LogP contribution is 2.44. The van der Waals surface area contributed by atoms with Crippen LogP contribution in [-0.2, 0) is 9.59 Å². The summed E-state index contributed by atoms with van der Waals surface area (Å²) in [4.78, 5) is 26.5. The van der Waals surface area contributed by atoms with E-state index in [2.05, 4.69) is 11.4 Å². The number of benzene rings is 1. The summed E-state index contributed by atoms with van der Waals surface area (Å²) < 4.78 is 16.2. The molecule has 0 bridgehead atoms. The number of methoxy groups -OCH3 is 3. The first-order valence-corrected chi connectivity index (χ1v) is 10.6. The fraction of sp³-hybridized carbons (Fsp3) is 0.476. The quantitative estimate of drug-likeness (QED) is 0.639. The normalized spacial score (nSPS) is 15.9. The van der Waals surface area contributed by atoms with Gasteiger partial charge in [0.25, 0.3) is 0 Å². The SMILES string of the molecule is CCN(CC)C(=O)CSC1=C(C#N)[C@@H](c2cc(OC)c(OC)c(OC)c2)CC(=O)N1. The zero-order chi connectivity index (χ0) is 22.3. The van der Waals surface area contributed by atoms with Gasteiger partial charge >= 0.3 is 0 Å². The van der Waals surface area contributed by atoms with Gasteiger partial charge in [-0.15, -0.1) is 0 Å². The standard InChI is InChI=1S/C21H27N3O5S/c1-6-24(7-2)19(26)12-30-21-15(11-22)14(10-18(25)23-21)13-8-16(27-3)20(29-5)17(9-13)28-4/h8-9,14H,6-7,10,12H2,1-5H3,(H,23,25)/t14-/m1/s1. The van der Waals surface area contributed by atoms with Gasteiger partial charge in [0.1, 0.15) is 0 Å². The summed E-state index contributed by atoms with van der Waals surface area (Å²) in [5, 5.41) is 13.0. The molecule has 0 unspecified atom stereocenters.